The molecule has 1 saturated heterocycles. The van der Waals surface area contributed by atoms with E-state index in [4.69, 9.17) is 0 Å². The first-order valence-corrected chi connectivity index (χ1v) is 7.77. The van der Waals surface area contributed by atoms with E-state index in [0.717, 1.165) is 5.92 Å². The van der Waals surface area contributed by atoms with E-state index in [1.807, 2.05) is 0 Å². The molecule has 1 aromatic carbocycles. The Kier molecular flexibility index (Phi) is 4.93. The second-order valence-electron chi connectivity index (χ2n) is 4.99. The third-order valence-corrected chi connectivity index (χ3v) is 4.87. The second-order valence-corrected chi connectivity index (χ2v) is 6.21. The quantitative estimate of drug-likeness (QED) is 0.871. The molecule has 0 amide bonds. The molecular weight excluding hydrogens is 226 g/mol. The van der Waals surface area contributed by atoms with Crippen LogP contribution in [0.3, 0.4) is 0 Å². The molecule has 0 radical (unpaired) electrons. The first-order chi connectivity index (χ1) is 8.31. The Morgan fingerprint density at radius 2 is 2.00 bits per heavy atom. The Balaban J connectivity index is 2.03. The highest BCUT2D eigenvalue weighted by molar-refractivity contribution is 7.99. The van der Waals surface area contributed by atoms with Gasteiger partial charge in [0, 0.05) is 6.04 Å². The van der Waals surface area contributed by atoms with Crippen molar-refractivity contribution >= 4 is 11.8 Å². The molecule has 2 heteroatoms. The topological polar surface area (TPSA) is 12.0 Å². The predicted molar refractivity (Wildman–Crippen MR) is 77.6 cm³/mol. The molecule has 1 aliphatic rings. The maximum absolute atomic E-state index is 3.50. The molecule has 0 aromatic heterocycles. The fraction of sp³-hybridized carbons (Fsp3) is 0.600. The molecule has 17 heavy (non-hydrogen) atoms. The van der Waals surface area contributed by atoms with E-state index in [1.54, 1.807) is 0 Å². The minimum Gasteiger partial charge on any atom is -0.313 e. The number of aryl methyl sites for hydroxylation is 1. The van der Waals surface area contributed by atoms with Crippen LogP contribution in [0.5, 0.6) is 0 Å². The summed E-state index contributed by atoms with van der Waals surface area (Å²) in [5, 5.41) is 3.50. The minimum atomic E-state index is 0.532. The molecule has 2 rings (SSSR count). The average molecular weight is 249 g/mol. The molecule has 1 unspecified atom stereocenters. The average Bonchev–Trinajstić information content (AvgIpc) is 2.38. The molecule has 1 N–H and O–H groups in total. The molecular formula is C15H23NS. The predicted octanol–water partition coefficient (Wildman–Crippen LogP) is 3.79. The van der Waals surface area contributed by atoms with Gasteiger partial charge in [-0.3, -0.25) is 0 Å². The Morgan fingerprint density at radius 1 is 1.29 bits per heavy atom. The van der Waals surface area contributed by atoms with Crippen molar-refractivity contribution in [3.8, 4) is 0 Å². The summed E-state index contributed by atoms with van der Waals surface area (Å²) in [6, 6.07) is 9.31. The van der Waals surface area contributed by atoms with Crippen LogP contribution >= 0.6 is 11.8 Å². The molecule has 1 nitrogen and oxygen atoms in total. The Bertz CT molecular complexity index is 345. The first kappa shape index (κ1) is 13.0. The Labute approximate surface area is 109 Å². The molecule has 0 spiro atoms. The summed E-state index contributed by atoms with van der Waals surface area (Å²) >= 11 is 2.11. The van der Waals surface area contributed by atoms with Crippen molar-refractivity contribution in [3.05, 3.63) is 35.4 Å². The molecule has 0 bridgehead atoms. The summed E-state index contributed by atoms with van der Waals surface area (Å²) < 4.78 is 0. The van der Waals surface area contributed by atoms with Gasteiger partial charge in [-0.05, 0) is 61.8 Å². The van der Waals surface area contributed by atoms with Crippen molar-refractivity contribution < 1.29 is 0 Å². The number of nitrogens with one attached hydrogen (secondary N) is 1. The maximum Gasteiger partial charge on any atom is 0.0322 e. The summed E-state index contributed by atoms with van der Waals surface area (Å²) in [7, 11) is 2.09. The van der Waals surface area contributed by atoms with Gasteiger partial charge in [0.05, 0.1) is 0 Å². The van der Waals surface area contributed by atoms with Crippen LogP contribution in [0.15, 0.2) is 24.3 Å². The van der Waals surface area contributed by atoms with Gasteiger partial charge in [-0.15, -0.1) is 0 Å². The lowest BCUT2D eigenvalue weighted by molar-refractivity contribution is 0.383. The highest BCUT2D eigenvalue weighted by Crippen LogP contribution is 2.31. The van der Waals surface area contributed by atoms with Gasteiger partial charge < -0.3 is 5.32 Å². The van der Waals surface area contributed by atoms with Crippen LogP contribution in [0, 0.1) is 12.8 Å². The summed E-state index contributed by atoms with van der Waals surface area (Å²) in [5.41, 5.74) is 2.89. The van der Waals surface area contributed by atoms with Gasteiger partial charge in [0.2, 0.25) is 0 Å². The zero-order chi connectivity index (χ0) is 12.1. The molecule has 0 saturated carbocycles. The van der Waals surface area contributed by atoms with E-state index in [2.05, 4.69) is 55.3 Å². The highest BCUT2D eigenvalue weighted by atomic mass is 32.2. The van der Waals surface area contributed by atoms with Crippen LogP contribution in [0.1, 0.15) is 36.4 Å². The van der Waals surface area contributed by atoms with E-state index in [-0.39, 0.29) is 0 Å². The number of rotatable bonds is 4. The monoisotopic (exact) mass is 249 g/mol. The van der Waals surface area contributed by atoms with Gasteiger partial charge in [-0.1, -0.05) is 24.3 Å². The smallest absolute Gasteiger partial charge is 0.0322 e. The summed E-state index contributed by atoms with van der Waals surface area (Å²) in [4.78, 5) is 0. The van der Waals surface area contributed by atoms with Gasteiger partial charge >= 0.3 is 0 Å². The van der Waals surface area contributed by atoms with E-state index in [0.29, 0.717) is 6.04 Å². The largest absolute Gasteiger partial charge is 0.313 e. The van der Waals surface area contributed by atoms with Crippen molar-refractivity contribution in [2.45, 2.75) is 32.2 Å². The second kappa shape index (κ2) is 6.46. The van der Waals surface area contributed by atoms with Crippen molar-refractivity contribution in [3.63, 3.8) is 0 Å². The van der Waals surface area contributed by atoms with Crippen LogP contribution < -0.4 is 5.32 Å². The maximum atomic E-state index is 3.50. The van der Waals surface area contributed by atoms with Gasteiger partial charge in [0.1, 0.15) is 0 Å². The standard InChI is InChI=1S/C15H23NS/c1-12-5-3-4-6-14(12)15(16-2)11-13-7-9-17-10-8-13/h3-6,13,15-16H,7-11H2,1-2H3. The zero-order valence-electron chi connectivity index (χ0n) is 10.9. The summed E-state index contributed by atoms with van der Waals surface area (Å²) in [6.07, 6.45) is 4.09. The van der Waals surface area contributed by atoms with Gasteiger partial charge in [0.15, 0.2) is 0 Å². The SMILES string of the molecule is CNC(CC1CCSCC1)c1ccccc1C. The van der Waals surface area contributed by atoms with E-state index < -0.39 is 0 Å². The van der Waals surface area contributed by atoms with Crippen LogP contribution in [0.25, 0.3) is 0 Å². The number of thioether (sulfide) groups is 1. The number of hydrogen-bond acceptors (Lipinski definition) is 2. The van der Waals surface area contributed by atoms with E-state index >= 15 is 0 Å². The molecule has 1 heterocycles. The number of benzene rings is 1. The van der Waals surface area contributed by atoms with E-state index in [9.17, 15) is 0 Å². The molecule has 94 valence electrons. The van der Waals surface area contributed by atoms with Crippen LogP contribution in [0.2, 0.25) is 0 Å². The summed E-state index contributed by atoms with van der Waals surface area (Å²) in [6.45, 7) is 2.22. The first-order valence-electron chi connectivity index (χ1n) is 6.62. The fourth-order valence-corrected chi connectivity index (χ4v) is 3.90. The Morgan fingerprint density at radius 3 is 2.65 bits per heavy atom. The molecule has 1 atom stereocenters. The van der Waals surface area contributed by atoms with Crippen molar-refractivity contribution in [1.29, 1.82) is 0 Å². The van der Waals surface area contributed by atoms with Crippen LogP contribution in [0.4, 0.5) is 0 Å². The highest BCUT2D eigenvalue weighted by Gasteiger charge is 2.20. The van der Waals surface area contributed by atoms with Crippen LogP contribution in [-0.4, -0.2) is 18.6 Å². The molecule has 1 fully saturated rings. The molecule has 1 aliphatic heterocycles. The van der Waals surface area contributed by atoms with Crippen molar-refractivity contribution in [2.24, 2.45) is 5.92 Å². The van der Waals surface area contributed by atoms with Crippen molar-refractivity contribution in [2.75, 3.05) is 18.6 Å². The lowest BCUT2D eigenvalue weighted by Crippen LogP contribution is -2.22. The van der Waals surface area contributed by atoms with Crippen LogP contribution in [-0.2, 0) is 0 Å². The lowest BCUT2D eigenvalue weighted by atomic mass is 9.89. The normalized spacial score (nSPS) is 19.2. The fourth-order valence-electron chi connectivity index (χ4n) is 2.69. The molecule has 1 aromatic rings. The minimum absolute atomic E-state index is 0.532. The third kappa shape index (κ3) is 3.49. The van der Waals surface area contributed by atoms with Crippen molar-refractivity contribution in [1.82, 2.24) is 5.32 Å². The number of hydrogen-bond donors (Lipinski definition) is 1. The Hall–Kier alpha value is -0.470. The summed E-state index contributed by atoms with van der Waals surface area (Å²) in [5.74, 6) is 3.62. The lowest BCUT2D eigenvalue weighted by Gasteiger charge is -2.27. The van der Waals surface area contributed by atoms with E-state index in [1.165, 1.54) is 41.9 Å². The third-order valence-electron chi connectivity index (χ3n) is 3.82. The zero-order valence-corrected chi connectivity index (χ0v) is 11.7. The van der Waals surface area contributed by atoms with Gasteiger partial charge in [0.25, 0.3) is 0 Å². The van der Waals surface area contributed by atoms with Gasteiger partial charge in [-0.2, -0.15) is 11.8 Å². The molecule has 0 aliphatic carbocycles. The van der Waals surface area contributed by atoms with Gasteiger partial charge in [-0.25, -0.2) is 0 Å².